The number of nitrogens with one attached hydrogen (secondary N) is 2. The van der Waals surface area contributed by atoms with E-state index in [9.17, 15) is 18.0 Å². The Morgan fingerprint density at radius 1 is 1.10 bits per heavy atom. The first-order valence-electron chi connectivity index (χ1n) is 12.5. The van der Waals surface area contributed by atoms with E-state index < -0.39 is 18.5 Å². The van der Waals surface area contributed by atoms with Gasteiger partial charge in [-0.05, 0) is 29.8 Å². The third-order valence-electron chi connectivity index (χ3n) is 6.50. The third-order valence-corrected chi connectivity index (χ3v) is 6.85. The van der Waals surface area contributed by atoms with Gasteiger partial charge in [-0.2, -0.15) is 13.2 Å². The Bertz CT molecular complexity index is 1520. The van der Waals surface area contributed by atoms with Crippen LogP contribution in [-0.4, -0.2) is 87.1 Å². The van der Waals surface area contributed by atoms with Crippen LogP contribution in [0.15, 0.2) is 42.9 Å². The molecule has 210 valence electrons. The number of piperazine rings is 1. The van der Waals surface area contributed by atoms with Gasteiger partial charge in [0.2, 0.25) is 11.9 Å². The van der Waals surface area contributed by atoms with Crippen molar-refractivity contribution in [3.63, 3.8) is 0 Å². The predicted molar refractivity (Wildman–Crippen MR) is 147 cm³/mol. The van der Waals surface area contributed by atoms with Crippen molar-refractivity contribution in [3.8, 4) is 11.3 Å². The van der Waals surface area contributed by atoms with Crippen molar-refractivity contribution < 1.29 is 18.0 Å². The average molecular weight is 574 g/mol. The molecule has 1 aromatic carbocycles. The van der Waals surface area contributed by atoms with Gasteiger partial charge in [-0.25, -0.2) is 19.9 Å². The number of alkyl halides is 3. The van der Waals surface area contributed by atoms with E-state index in [4.69, 9.17) is 11.6 Å². The molecule has 2 N–H and O–H groups in total. The van der Waals surface area contributed by atoms with E-state index in [-0.39, 0.29) is 13.1 Å². The summed E-state index contributed by atoms with van der Waals surface area (Å²) in [5.74, 6) is 0.849. The lowest BCUT2D eigenvalue weighted by Crippen LogP contribution is -2.49. The minimum absolute atomic E-state index is 0.267. The molecule has 5 rings (SSSR count). The summed E-state index contributed by atoms with van der Waals surface area (Å²) < 4.78 is 37.6. The van der Waals surface area contributed by atoms with Crippen LogP contribution in [0.5, 0.6) is 0 Å². The largest absolute Gasteiger partial charge is 0.397 e. The first kappa shape index (κ1) is 27.6. The van der Waals surface area contributed by atoms with Crippen molar-refractivity contribution in [2.75, 3.05) is 50.5 Å². The van der Waals surface area contributed by atoms with E-state index >= 15 is 0 Å². The highest BCUT2D eigenvalue weighted by Gasteiger charge is 2.34. The first-order valence-corrected chi connectivity index (χ1v) is 12.9. The quantitative estimate of drug-likeness (QED) is 0.333. The minimum Gasteiger partial charge on any atom is -0.361 e. The number of hydrogen-bond acceptors (Lipinski definition) is 8. The molecule has 0 atom stereocenters. The number of amides is 1. The summed E-state index contributed by atoms with van der Waals surface area (Å²) in [5, 5.41) is 3.65. The summed E-state index contributed by atoms with van der Waals surface area (Å²) in [4.78, 5) is 37.9. The van der Waals surface area contributed by atoms with Crippen molar-refractivity contribution in [1.82, 2.24) is 34.7 Å². The fourth-order valence-corrected chi connectivity index (χ4v) is 4.92. The van der Waals surface area contributed by atoms with Gasteiger partial charge in [0, 0.05) is 58.6 Å². The molecule has 4 aromatic rings. The molecule has 1 saturated heterocycles. The molecule has 40 heavy (non-hydrogen) atoms. The molecule has 1 amide bonds. The molecule has 0 saturated carbocycles. The molecule has 0 unspecified atom stereocenters. The van der Waals surface area contributed by atoms with Gasteiger partial charge in [0.15, 0.2) is 5.82 Å². The lowest BCUT2D eigenvalue weighted by molar-refractivity contribution is -0.162. The number of aromatic nitrogens is 5. The van der Waals surface area contributed by atoms with E-state index in [0.717, 1.165) is 22.2 Å². The Labute approximate surface area is 233 Å². The zero-order valence-electron chi connectivity index (χ0n) is 21.8. The van der Waals surface area contributed by atoms with Gasteiger partial charge in [0.05, 0.1) is 16.7 Å². The smallest absolute Gasteiger partial charge is 0.361 e. The zero-order valence-corrected chi connectivity index (χ0v) is 22.6. The summed E-state index contributed by atoms with van der Waals surface area (Å²) >= 11 is 6.56. The van der Waals surface area contributed by atoms with Gasteiger partial charge in [-0.15, -0.1) is 0 Å². The van der Waals surface area contributed by atoms with Crippen LogP contribution in [0.3, 0.4) is 0 Å². The van der Waals surface area contributed by atoms with E-state index in [0.29, 0.717) is 47.9 Å². The number of rotatable bonds is 7. The van der Waals surface area contributed by atoms with E-state index in [1.807, 2.05) is 49.3 Å². The van der Waals surface area contributed by atoms with Crippen LogP contribution in [0.1, 0.15) is 12.0 Å². The number of nitrogens with zero attached hydrogens (tertiary/aromatic N) is 7. The summed E-state index contributed by atoms with van der Waals surface area (Å²) in [6, 6.07) is 9.47. The molecule has 0 radical (unpaired) electrons. The summed E-state index contributed by atoms with van der Waals surface area (Å²) in [5.41, 5.74) is 3.94. The second-order valence-electron chi connectivity index (χ2n) is 9.69. The second-order valence-corrected chi connectivity index (χ2v) is 10.1. The van der Waals surface area contributed by atoms with Crippen LogP contribution in [0.25, 0.3) is 22.3 Å². The van der Waals surface area contributed by atoms with Gasteiger partial charge < -0.3 is 20.1 Å². The molecule has 1 aliphatic heterocycles. The zero-order chi connectivity index (χ0) is 28.4. The van der Waals surface area contributed by atoms with Crippen LogP contribution >= 0.6 is 11.6 Å². The van der Waals surface area contributed by atoms with Crippen molar-refractivity contribution in [3.05, 3.63) is 53.4 Å². The van der Waals surface area contributed by atoms with Gasteiger partial charge in [0.25, 0.3) is 0 Å². The molecule has 0 spiro atoms. The maximum atomic E-state index is 12.5. The molecule has 1 aliphatic rings. The number of imidazole rings is 1. The SMILES string of the molecule is CN(C)c1ncnc(-c2ccc3nc(Nc4cc(CN5CCN(C(=O)CC(F)(F)F)CC5)ccn4)[nH]c3c2)c1Cl. The minimum atomic E-state index is -4.49. The van der Waals surface area contributed by atoms with Crippen molar-refractivity contribution >= 4 is 46.1 Å². The summed E-state index contributed by atoms with van der Waals surface area (Å²) in [6.07, 6.45) is -2.74. The van der Waals surface area contributed by atoms with Crippen molar-refractivity contribution in [2.24, 2.45) is 0 Å². The number of benzene rings is 1. The number of hydrogen-bond donors (Lipinski definition) is 2. The molecular formula is C26H27ClF3N9O. The van der Waals surface area contributed by atoms with Gasteiger partial charge in [-0.3, -0.25) is 9.69 Å². The van der Waals surface area contributed by atoms with Gasteiger partial charge >= 0.3 is 6.18 Å². The lowest BCUT2D eigenvalue weighted by atomic mass is 10.1. The molecule has 10 nitrogen and oxygen atoms in total. The second kappa shape index (κ2) is 11.3. The third kappa shape index (κ3) is 6.42. The molecular weight excluding hydrogens is 547 g/mol. The van der Waals surface area contributed by atoms with Crippen LogP contribution in [-0.2, 0) is 11.3 Å². The first-order chi connectivity index (χ1) is 19.1. The Kier molecular flexibility index (Phi) is 7.76. The molecule has 14 heteroatoms. The number of carbonyl (C=O) groups excluding carboxylic acids is 1. The van der Waals surface area contributed by atoms with Gasteiger partial charge in [0.1, 0.15) is 23.6 Å². The monoisotopic (exact) mass is 573 g/mol. The standard InChI is InChI=1S/C26H27ClF3N9O/c1-37(2)24-22(27)23(32-15-33-24)17-3-4-18-19(12-17)35-25(34-18)36-20-11-16(5-6-31-20)14-38-7-9-39(10-8-38)21(40)13-26(28,29)30/h3-6,11-12,15H,7-10,13-14H2,1-2H3,(H2,31,34,35,36). The number of anilines is 3. The maximum absolute atomic E-state index is 12.5. The number of pyridine rings is 1. The molecule has 0 aliphatic carbocycles. The summed E-state index contributed by atoms with van der Waals surface area (Å²) in [6.45, 7) is 2.10. The Morgan fingerprint density at radius 3 is 2.60 bits per heavy atom. The number of fused-ring (bicyclic) bond motifs is 1. The Morgan fingerprint density at radius 2 is 1.88 bits per heavy atom. The average Bonchev–Trinajstić information content (AvgIpc) is 3.29. The maximum Gasteiger partial charge on any atom is 0.397 e. The summed E-state index contributed by atoms with van der Waals surface area (Å²) in [7, 11) is 3.73. The van der Waals surface area contributed by atoms with Crippen LogP contribution in [0.2, 0.25) is 5.02 Å². The number of carbonyl (C=O) groups is 1. The van der Waals surface area contributed by atoms with Crippen molar-refractivity contribution in [2.45, 2.75) is 19.1 Å². The normalized spacial score (nSPS) is 14.5. The van der Waals surface area contributed by atoms with Crippen LogP contribution < -0.4 is 10.2 Å². The fourth-order valence-electron chi connectivity index (χ4n) is 4.55. The highest BCUT2D eigenvalue weighted by molar-refractivity contribution is 6.35. The Hall–Kier alpha value is -3.97. The molecule has 4 heterocycles. The van der Waals surface area contributed by atoms with Crippen LogP contribution in [0.4, 0.5) is 30.8 Å². The van der Waals surface area contributed by atoms with Crippen LogP contribution in [0, 0.1) is 0 Å². The topological polar surface area (TPSA) is 106 Å². The Balaban J connectivity index is 1.24. The fraction of sp³-hybridized carbons (Fsp3) is 0.346. The molecule has 3 aromatic heterocycles. The highest BCUT2D eigenvalue weighted by Crippen LogP contribution is 2.33. The molecule has 0 bridgehead atoms. The van der Waals surface area contributed by atoms with E-state index in [1.54, 1.807) is 6.20 Å². The molecule has 1 fully saturated rings. The lowest BCUT2D eigenvalue weighted by Gasteiger charge is -2.35. The van der Waals surface area contributed by atoms with E-state index in [2.05, 4.69) is 35.1 Å². The predicted octanol–water partition coefficient (Wildman–Crippen LogP) is 4.47. The van der Waals surface area contributed by atoms with Gasteiger partial charge in [-0.1, -0.05) is 17.7 Å². The number of aromatic amines is 1. The highest BCUT2D eigenvalue weighted by atomic mass is 35.5. The van der Waals surface area contributed by atoms with E-state index in [1.165, 1.54) is 11.2 Å². The number of H-pyrrole nitrogens is 1. The van der Waals surface area contributed by atoms with Crippen molar-refractivity contribution in [1.29, 1.82) is 0 Å². The number of halogens is 4.